The SMILES string of the molecule is CN(C)NC1CCOc2ccc(Br)cc21. The van der Waals surface area contributed by atoms with Gasteiger partial charge in [0.2, 0.25) is 0 Å². The number of nitrogens with one attached hydrogen (secondary N) is 1. The number of ether oxygens (including phenoxy) is 1. The predicted octanol–water partition coefficient (Wildman–Crippen LogP) is 2.34. The molecule has 0 amide bonds. The quantitative estimate of drug-likeness (QED) is 0.835. The minimum atomic E-state index is 0.348. The first kappa shape index (κ1) is 10.9. The molecular formula is C11H15BrN2O. The van der Waals surface area contributed by atoms with Gasteiger partial charge in [-0.05, 0) is 18.2 Å². The van der Waals surface area contributed by atoms with Gasteiger partial charge in [0.25, 0.3) is 0 Å². The van der Waals surface area contributed by atoms with Crippen molar-refractivity contribution >= 4 is 15.9 Å². The Labute approximate surface area is 98.5 Å². The van der Waals surface area contributed by atoms with Gasteiger partial charge in [0, 0.05) is 30.6 Å². The first-order valence-corrected chi connectivity index (χ1v) is 5.82. The van der Waals surface area contributed by atoms with Crippen molar-refractivity contribution in [2.24, 2.45) is 0 Å². The van der Waals surface area contributed by atoms with E-state index in [1.807, 2.05) is 31.2 Å². The Hall–Kier alpha value is -0.580. The van der Waals surface area contributed by atoms with Gasteiger partial charge in [-0.3, -0.25) is 5.01 Å². The molecule has 2 rings (SSSR count). The summed E-state index contributed by atoms with van der Waals surface area (Å²) in [6.45, 7) is 0.778. The number of hydrogen-bond donors (Lipinski definition) is 1. The topological polar surface area (TPSA) is 24.5 Å². The summed E-state index contributed by atoms with van der Waals surface area (Å²) >= 11 is 3.49. The van der Waals surface area contributed by atoms with E-state index in [0.717, 1.165) is 23.2 Å². The van der Waals surface area contributed by atoms with Crippen LogP contribution in [0.2, 0.25) is 0 Å². The Morgan fingerprint density at radius 3 is 3.00 bits per heavy atom. The first-order valence-electron chi connectivity index (χ1n) is 5.02. The number of hydrazine groups is 1. The van der Waals surface area contributed by atoms with Crippen LogP contribution in [0.5, 0.6) is 5.75 Å². The minimum absolute atomic E-state index is 0.348. The van der Waals surface area contributed by atoms with Gasteiger partial charge in [0.1, 0.15) is 5.75 Å². The normalized spacial score (nSPS) is 19.9. The summed E-state index contributed by atoms with van der Waals surface area (Å²) in [5.74, 6) is 0.990. The second kappa shape index (κ2) is 4.51. The Morgan fingerprint density at radius 2 is 2.27 bits per heavy atom. The third-order valence-electron chi connectivity index (χ3n) is 2.43. The van der Waals surface area contributed by atoms with Crippen LogP contribution in [0.1, 0.15) is 18.0 Å². The summed E-state index contributed by atoms with van der Waals surface area (Å²) in [5, 5.41) is 1.99. The molecule has 0 bridgehead atoms. The van der Waals surface area contributed by atoms with E-state index in [9.17, 15) is 0 Å². The maximum atomic E-state index is 5.61. The molecule has 1 aliphatic rings. The molecule has 1 heterocycles. The van der Waals surface area contributed by atoms with E-state index in [4.69, 9.17) is 4.74 Å². The molecule has 0 aliphatic carbocycles. The molecule has 1 N–H and O–H groups in total. The lowest BCUT2D eigenvalue weighted by Gasteiger charge is -2.29. The molecule has 0 saturated heterocycles. The van der Waals surface area contributed by atoms with Gasteiger partial charge in [-0.15, -0.1) is 0 Å². The molecule has 0 saturated carbocycles. The number of benzene rings is 1. The van der Waals surface area contributed by atoms with Crippen molar-refractivity contribution in [1.82, 2.24) is 10.4 Å². The fraction of sp³-hybridized carbons (Fsp3) is 0.455. The molecule has 0 radical (unpaired) electrons. The van der Waals surface area contributed by atoms with Gasteiger partial charge in [-0.1, -0.05) is 15.9 Å². The summed E-state index contributed by atoms with van der Waals surface area (Å²) in [7, 11) is 4.01. The maximum Gasteiger partial charge on any atom is 0.124 e. The molecule has 1 aliphatic heterocycles. The molecule has 0 fully saturated rings. The van der Waals surface area contributed by atoms with E-state index in [-0.39, 0.29) is 0 Å². The molecule has 1 aromatic rings. The fourth-order valence-corrected chi connectivity index (χ4v) is 2.19. The third-order valence-corrected chi connectivity index (χ3v) is 2.92. The lowest BCUT2D eigenvalue weighted by atomic mass is 10.0. The Bertz CT molecular complexity index is 354. The summed E-state index contributed by atoms with van der Waals surface area (Å²) in [6.07, 6.45) is 1.00. The smallest absolute Gasteiger partial charge is 0.124 e. The maximum absolute atomic E-state index is 5.61. The monoisotopic (exact) mass is 270 g/mol. The lowest BCUT2D eigenvalue weighted by Crippen LogP contribution is -2.36. The van der Waals surface area contributed by atoms with Crippen LogP contribution >= 0.6 is 15.9 Å². The van der Waals surface area contributed by atoms with E-state index < -0.39 is 0 Å². The molecule has 1 aromatic carbocycles. The van der Waals surface area contributed by atoms with Crippen molar-refractivity contribution in [3.63, 3.8) is 0 Å². The van der Waals surface area contributed by atoms with Crippen molar-refractivity contribution < 1.29 is 4.74 Å². The molecule has 1 unspecified atom stereocenters. The van der Waals surface area contributed by atoms with E-state index in [2.05, 4.69) is 27.4 Å². The van der Waals surface area contributed by atoms with Crippen LogP contribution < -0.4 is 10.2 Å². The number of fused-ring (bicyclic) bond motifs is 1. The highest BCUT2D eigenvalue weighted by Crippen LogP contribution is 2.33. The van der Waals surface area contributed by atoms with Crippen molar-refractivity contribution in [2.75, 3.05) is 20.7 Å². The number of nitrogens with zero attached hydrogens (tertiary/aromatic N) is 1. The van der Waals surface area contributed by atoms with E-state index in [1.54, 1.807) is 0 Å². The van der Waals surface area contributed by atoms with Gasteiger partial charge >= 0.3 is 0 Å². The van der Waals surface area contributed by atoms with Crippen molar-refractivity contribution in [1.29, 1.82) is 0 Å². The van der Waals surface area contributed by atoms with Gasteiger partial charge in [0.05, 0.1) is 12.6 Å². The third kappa shape index (κ3) is 2.51. The Kier molecular flexibility index (Phi) is 3.29. The highest BCUT2D eigenvalue weighted by Gasteiger charge is 2.21. The molecule has 3 nitrogen and oxygen atoms in total. The van der Waals surface area contributed by atoms with Gasteiger partial charge in [0.15, 0.2) is 0 Å². The van der Waals surface area contributed by atoms with Crippen molar-refractivity contribution in [2.45, 2.75) is 12.5 Å². The minimum Gasteiger partial charge on any atom is -0.493 e. The van der Waals surface area contributed by atoms with E-state index in [0.29, 0.717) is 6.04 Å². The van der Waals surface area contributed by atoms with Gasteiger partial charge in [-0.25, -0.2) is 5.43 Å². The standard InChI is InChI=1S/C11H15BrN2O/c1-14(2)13-10-5-6-15-11-4-3-8(12)7-9(10)11/h3-4,7,10,13H,5-6H2,1-2H3. The highest BCUT2D eigenvalue weighted by molar-refractivity contribution is 9.10. The zero-order chi connectivity index (χ0) is 10.8. The van der Waals surface area contributed by atoms with E-state index >= 15 is 0 Å². The van der Waals surface area contributed by atoms with Crippen LogP contribution in [-0.2, 0) is 0 Å². The second-order valence-electron chi connectivity index (χ2n) is 3.90. The van der Waals surface area contributed by atoms with Crippen LogP contribution in [0.25, 0.3) is 0 Å². The first-order chi connectivity index (χ1) is 7.16. The summed E-state index contributed by atoms with van der Waals surface area (Å²) in [5.41, 5.74) is 4.62. The van der Waals surface area contributed by atoms with Crippen LogP contribution in [0.3, 0.4) is 0 Å². The zero-order valence-corrected chi connectivity index (χ0v) is 10.5. The molecular weight excluding hydrogens is 256 g/mol. The van der Waals surface area contributed by atoms with Crippen LogP contribution in [0, 0.1) is 0 Å². The van der Waals surface area contributed by atoms with Crippen molar-refractivity contribution in [3.05, 3.63) is 28.2 Å². The number of hydrogen-bond acceptors (Lipinski definition) is 3. The molecule has 0 aromatic heterocycles. The van der Waals surface area contributed by atoms with Crippen LogP contribution in [-0.4, -0.2) is 25.7 Å². The zero-order valence-electron chi connectivity index (χ0n) is 8.96. The second-order valence-corrected chi connectivity index (χ2v) is 4.81. The average molecular weight is 271 g/mol. The van der Waals surface area contributed by atoms with Crippen molar-refractivity contribution in [3.8, 4) is 5.75 Å². The lowest BCUT2D eigenvalue weighted by molar-refractivity contribution is 0.184. The van der Waals surface area contributed by atoms with Crippen LogP contribution in [0.15, 0.2) is 22.7 Å². The molecule has 0 spiro atoms. The predicted molar refractivity (Wildman–Crippen MR) is 63.8 cm³/mol. The Morgan fingerprint density at radius 1 is 1.47 bits per heavy atom. The fourth-order valence-electron chi connectivity index (χ4n) is 1.81. The average Bonchev–Trinajstić information content (AvgIpc) is 2.18. The summed E-state index contributed by atoms with van der Waals surface area (Å²) < 4.78 is 6.71. The molecule has 15 heavy (non-hydrogen) atoms. The molecule has 4 heteroatoms. The van der Waals surface area contributed by atoms with Gasteiger partial charge < -0.3 is 4.74 Å². The Balaban J connectivity index is 2.28. The van der Waals surface area contributed by atoms with Crippen LogP contribution in [0.4, 0.5) is 0 Å². The number of halogens is 1. The highest BCUT2D eigenvalue weighted by atomic mass is 79.9. The molecule has 82 valence electrons. The summed E-state index contributed by atoms with van der Waals surface area (Å²) in [6, 6.07) is 6.50. The molecule has 1 atom stereocenters. The largest absolute Gasteiger partial charge is 0.493 e. The van der Waals surface area contributed by atoms with Gasteiger partial charge in [-0.2, -0.15) is 0 Å². The van der Waals surface area contributed by atoms with E-state index in [1.165, 1.54) is 5.56 Å². The number of rotatable bonds is 2. The summed E-state index contributed by atoms with van der Waals surface area (Å²) in [4.78, 5) is 0.